The van der Waals surface area contributed by atoms with Crippen molar-refractivity contribution in [2.45, 2.75) is 6.92 Å². The van der Waals surface area contributed by atoms with E-state index in [1.807, 2.05) is 31.2 Å². The lowest BCUT2D eigenvalue weighted by Gasteiger charge is -2.06. The Morgan fingerprint density at radius 1 is 1.22 bits per heavy atom. The minimum Gasteiger partial charge on any atom is -0.493 e. The van der Waals surface area contributed by atoms with Crippen molar-refractivity contribution in [1.82, 2.24) is 5.43 Å². The van der Waals surface area contributed by atoms with E-state index in [1.165, 1.54) is 24.4 Å². The van der Waals surface area contributed by atoms with Crippen LogP contribution in [0.5, 0.6) is 11.5 Å². The molecule has 6 heteroatoms. The predicted octanol–water partition coefficient (Wildman–Crippen LogP) is 2.75. The van der Waals surface area contributed by atoms with E-state index in [-0.39, 0.29) is 12.4 Å². The third kappa shape index (κ3) is 5.43. The molecule has 0 fully saturated rings. The Balaban J connectivity index is 1.84. The van der Waals surface area contributed by atoms with Crippen molar-refractivity contribution in [3.8, 4) is 11.5 Å². The zero-order chi connectivity index (χ0) is 16.5. The van der Waals surface area contributed by atoms with Crippen molar-refractivity contribution in [2.75, 3.05) is 13.2 Å². The summed E-state index contributed by atoms with van der Waals surface area (Å²) in [6, 6.07) is 12.9. The van der Waals surface area contributed by atoms with Gasteiger partial charge in [0.15, 0.2) is 6.61 Å². The molecule has 1 N–H and O–H groups in total. The normalized spacial score (nSPS) is 10.5. The van der Waals surface area contributed by atoms with Crippen molar-refractivity contribution >= 4 is 12.1 Å². The summed E-state index contributed by atoms with van der Waals surface area (Å²) < 4.78 is 23.6. The van der Waals surface area contributed by atoms with E-state index in [1.54, 1.807) is 6.07 Å². The zero-order valence-corrected chi connectivity index (χ0v) is 12.7. The zero-order valence-electron chi connectivity index (χ0n) is 12.7. The van der Waals surface area contributed by atoms with Gasteiger partial charge in [-0.1, -0.05) is 18.2 Å². The van der Waals surface area contributed by atoms with E-state index in [4.69, 9.17) is 9.47 Å². The van der Waals surface area contributed by atoms with Gasteiger partial charge in [0.1, 0.15) is 17.3 Å². The van der Waals surface area contributed by atoms with Crippen molar-refractivity contribution in [3.05, 3.63) is 59.9 Å². The quantitative estimate of drug-likeness (QED) is 0.631. The van der Waals surface area contributed by atoms with Gasteiger partial charge < -0.3 is 9.47 Å². The van der Waals surface area contributed by atoms with Gasteiger partial charge >= 0.3 is 0 Å². The average molecular weight is 316 g/mol. The number of amides is 1. The van der Waals surface area contributed by atoms with Gasteiger partial charge in [0, 0.05) is 11.6 Å². The minimum absolute atomic E-state index is 0.256. The highest BCUT2D eigenvalue weighted by Gasteiger charge is 2.03. The Hall–Kier alpha value is -2.89. The van der Waals surface area contributed by atoms with Gasteiger partial charge in [-0.15, -0.1) is 0 Å². The molecule has 23 heavy (non-hydrogen) atoms. The summed E-state index contributed by atoms with van der Waals surface area (Å²) in [5.41, 5.74) is 3.09. The molecule has 2 aromatic rings. The van der Waals surface area contributed by atoms with Gasteiger partial charge in [-0.3, -0.25) is 4.79 Å². The molecule has 5 nitrogen and oxygen atoms in total. The van der Waals surface area contributed by atoms with E-state index in [9.17, 15) is 9.18 Å². The van der Waals surface area contributed by atoms with Crippen LogP contribution in [0.2, 0.25) is 0 Å². The summed E-state index contributed by atoms with van der Waals surface area (Å²) in [7, 11) is 0. The van der Waals surface area contributed by atoms with E-state index in [0.717, 1.165) is 5.56 Å². The number of nitrogens with one attached hydrogen (secondary N) is 1. The highest BCUT2D eigenvalue weighted by Crippen LogP contribution is 2.15. The maximum absolute atomic E-state index is 13.0. The van der Waals surface area contributed by atoms with Crippen LogP contribution in [0, 0.1) is 5.82 Å². The fourth-order valence-electron chi connectivity index (χ4n) is 1.79. The van der Waals surface area contributed by atoms with Gasteiger partial charge in [-0.2, -0.15) is 5.10 Å². The molecular formula is C17H17FN2O3. The molecule has 0 aromatic heterocycles. The van der Waals surface area contributed by atoms with Crippen LogP contribution >= 0.6 is 0 Å². The molecule has 0 aliphatic rings. The lowest BCUT2D eigenvalue weighted by molar-refractivity contribution is -0.123. The summed E-state index contributed by atoms with van der Waals surface area (Å²) >= 11 is 0. The molecule has 0 radical (unpaired) electrons. The first kappa shape index (κ1) is 16.5. The number of ether oxygens (including phenoxy) is 2. The van der Waals surface area contributed by atoms with Crippen molar-refractivity contribution in [3.63, 3.8) is 0 Å². The number of rotatable bonds is 7. The molecule has 0 aliphatic carbocycles. The molecule has 0 aliphatic heterocycles. The number of hydrogen-bond acceptors (Lipinski definition) is 4. The van der Waals surface area contributed by atoms with E-state index in [0.29, 0.717) is 12.4 Å². The lowest BCUT2D eigenvalue weighted by Crippen LogP contribution is -2.24. The smallest absolute Gasteiger partial charge is 0.277 e. The highest BCUT2D eigenvalue weighted by atomic mass is 19.1. The number of nitrogens with zero attached hydrogens (tertiary/aromatic N) is 1. The maximum Gasteiger partial charge on any atom is 0.277 e. The summed E-state index contributed by atoms with van der Waals surface area (Å²) in [6.07, 6.45) is 1.49. The Morgan fingerprint density at radius 3 is 2.83 bits per heavy atom. The number of carbonyl (C=O) groups is 1. The van der Waals surface area contributed by atoms with Crippen LogP contribution in [0.4, 0.5) is 4.39 Å². The fraction of sp³-hybridized carbons (Fsp3) is 0.176. The molecular weight excluding hydrogens is 299 g/mol. The standard InChI is InChI=1S/C17H17FN2O3/c1-2-22-16-9-4-3-6-13(16)11-19-20-17(21)12-23-15-8-5-7-14(18)10-15/h3-11H,2,12H2,1H3,(H,20,21)/b19-11-. The predicted molar refractivity (Wildman–Crippen MR) is 85.2 cm³/mol. The number of benzene rings is 2. The Morgan fingerprint density at radius 2 is 2.04 bits per heavy atom. The van der Waals surface area contributed by atoms with Crippen LogP contribution < -0.4 is 14.9 Å². The van der Waals surface area contributed by atoms with Gasteiger partial charge in [0.2, 0.25) is 0 Å². The molecule has 0 heterocycles. The molecule has 2 aromatic carbocycles. The molecule has 0 unspecified atom stereocenters. The van der Waals surface area contributed by atoms with Gasteiger partial charge in [-0.25, -0.2) is 9.82 Å². The van der Waals surface area contributed by atoms with Gasteiger partial charge in [0.05, 0.1) is 12.8 Å². The second-order valence-corrected chi connectivity index (χ2v) is 4.51. The molecule has 0 saturated carbocycles. The fourth-order valence-corrected chi connectivity index (χ4v) is 1.79. The van der Waals surface area contributed by atoms with Crippen LogP contribution in [-0.4, -0.2) is 25.3 Å². The van der Waals surface area contributed by atoms with Crippen LogP contribution in [0.1, 0.15) is 12.5 Å². The maximum atomic E-state index is 13.0. The topological polar surface area (TPSA) is 59.9 Å². The number of para-hydroxylation sites is 1. The van der Waals surface area contributed by atoms with Crippen molar-refractivity contribution in [1.29, 1.82) is 0 Å². The van der Waals surface area contributed by atoms with Crippen LogP contribution in [-0.2, 0) is 4.79 Å². The number of hydrogen-bond donors (Lipinski definition) is 1. The molecule has 120 valence electrons. The van der Waals surface area contributed by atoms with E-state index < -0.39 is 11.7 Å². The number of carbonyl (C=O) groups excluding carboxylic acids is 1. The summed E-state index contributed by atoms with van der Waals surface area (Å²) in [5, 5.41) is 3.86. The highest BCUT2D eigenvalue weighted by molar-refractivity contribution is 5.85. The van der Waals surface area contributed by atoms with Crippen molar-refractivity contribution in [2.24, 2.45) is 5.10 Å². The van der Waals surface area contributed by atoms with Crippen molar-refractivity contribution < 1.29 is 18.7 Å². The first-order valence-electron chi connectivity index (χ1n) is 7.11. The molecule has 0 bridgehead atoms. The first-order valence-corrected chi connectivity index (χ1v) is 7.11. The summed E-state index contributed by atoms with van der Waals surface area (Å²) in [6.45, 7) is 2.17. The second kappa shape index (κ2) is 8.53. The number of halogens is 1. The Bertz CT molecular complexity index is 689. The number of hydrazone groups is 1. The van der Waals surface area contributed by atoms with Crippen LogP contribution in [0.15, 0.2) is 53.6 Å². The first-order chi connectivity index (χ1) is 11.2. The second-order valence-electron chi connectivity index (χ2n) is 4.51. The van der Waals surface area contributed by atoms with Gasteiger partial charge in [-0.05, 0) is 31.2 Å². The molecule has 0 saturated heterocycles. The minimum atomic E-state index is -0.445. The Kier molecular flexibility index (Phi) is 6.11. The summed E-state index contributed by atoms with van der Waals surface area (Å²) in [5.74, 6) is 0.0997. The van der Waals surface area contributed by atoms with Gasteiger partial charge in [0.25, 0.3) is 5.91 Å². The molecule has 2 rings (SSSR count). The molecule has 1 amide bonds. The monoisotopic (exact) mass is 316 g/mol. The average Bonchev–Trinajstić information content (AvgIpc) is 2.55. The third-order valence-electron chi connectivity index (χ3n) is 2.78. The van der Waals surface area contributed by atoms with Crippen LogP contribution in [0.25, 0.3) is 0 Å². The molecule has 0 spiro atoms. The van der Waals surface area contributed by atoms with Crippen LogP contribution in [0.3, 0.4) is 0 Å². The molecule has 0 atom stereocenters. The lowest BCUT2D eigenvalue weighted by atomic mass is 10.2. The largest absolute Gasteiger partial charge is 0.493 e. The third-order valence-corrected chi connectivity index (χ3v) is 2.78. The SMILES string of the molecule is CCOc1ccccc1/C=N\NC(=O)COc1cccc(F)c1. The Labute approximate surface area is 133 Å². The summed E-state index contributed by atoms with van der Waals surface area (Å²) in [4.78, 5) is 11.6. The van der Waals surface area contributed by atoms with E-state index in [2.05, 4.69) is 10.5 Å². The van der Waals surface area contributed by atoms with E-state index >= 15 is 0 Å².